The van der Waals surface area contributed by atoms with Gasteiger partial charge in [0.1, 0.15) is 13.2 Å². The van der Waals surface area contributed by atoms with Crippen molar-refractivity contribution < 1.29 is 24.2 Å². The van der Waals surface area contributed by atoms with Gasteiger partial charge in [0.25, 0.3) is 0 Å². The lowest BCUT2D eigenvalue weighted by atomic mass is 9.88. The van der Waals surface area contributed by atoms with E-state index in [1.165, 1.54) is 27.2 Å². The van der Waals surface area contributed by atoms with E-state index in [1.54, 1.807) is 0 Å². The van der Waals surface area contributed by atoms with Crippen LogP contribution in [0.4, 0.5) is 4.79 Å². The normalized spacial score (nSPS) is 12.9. The Kier molecular flexibility index (Phi) is 9.95. The number of carbonyl (C=O) groups excluding carboxylic acids is 2. The minimum absolute atomic E-state index is 0.0113. The average molecular weight is 543 g/mol. The zero-order chi connectivity index (χ0) is 28.5. The number of ether oxygens (including phenoxy) is 1. The van der Waals surface area contributed by atoms with Gasteiger partial charge in [0.2, 0.25) is 5.91 Å². The van der Waals surface area contributed by atoms with Crippen molar-refractivity contribution in [3.8, 4) is 11.1 Å². The summed E-state index contributed by atoms with van der Waals surface area (Å²) >= 11 is 0. The highest BCUT2D eigenvalue weighted by Crippen LogP contribution is 2.44. The zero-order valence-electron chi connectivity index (χ0n) is 23.2. The lowest BCUT2D eigenvalue weighted by molar-refractivity contribution is -0.145. The van der Waals surface area contributed by atoms with E-state index in [-0.39, 0.29) is 43.9 Å². The number of alkyl carbamates (subject to hydrolysis) is 1. The molecule has 1 aliphatic carbocycles. The molecule has 210 valence electrons. The molecule has 4 rings (SSSR count). The molecule has 1 atom stereocenters. The fraction of sp³-hybridized carbons (Fsp3) is 0.364. The number of carbonyl (C=O) groups is 3. The van der Waals surface area contributed by atoms with Crippen molar-refractivity contribution >= 4 is 18.0 Å². The van der Waals surface area contributed by atoms with E-state index < -0.39 is 12.1 Å². The number of carboxylic acid groups (broad SMARTS) is 1. The van der Waals surface area contributed by atoms with E-state index in [2.05, 4.69) is 43.4 Å². The fourth-order valence-corrected chi connectivity index (χ4v) is 5.49. The number of hydrogen-bond donors (Lipinski definition) is 2. The van der Waals surface area contributed by atoms with Gasteiger partial charge in [-0.25, -0.2) is 4.79 Å². The molecule has 0 bridgehead atoms. The Morgan fingerprint density at radius 2 is 1.48 bits per heavy atom. The number of nitrogens with zero attached hydrogens (tertiary/aromatic N) is 1. The molecule has 3 aromatic rings. The van der Waals surface area contributed by atoms with Crippen LogP contribution in [0.15, 0.2) is 78.9 Å². The Morgan fingerprint density at radius 1 is 0.875 bits per heavy atom. The number of benzene rings is 3. The molecule has 2 amide bonds. The highest BCUT2D eigenvalue weighted by molar-refractivity contribution is 5.81. The molecule has 1 aliphatic rings. The van der Waals surface area contributed by atoms with Gasteiger partial charge < -0.3 is 20.1 Å². The second-order valence-electron chi connectivity index (χ2n) is 10.7. The average Bonchev–Trinajstić information content (AvgIpc) is 3.27. The molecule has 0 spiro atoms. The molecular formula is C33H38N2O5. The molecule has 40 heavy (non-hydrogen) atoms. The maximum absolute atomic E-state index is 13.0. The first kappa shape index (κ1) is 28.9. The number of carboxylic acids is 1. The third-order valence-electron chi connectivity index (χ3n) is 7.70. The van der Waals surface area contributed by atoms with Gasteiger partial charge in [-0.05, 0) is 52.5 Å². The largest absolute Gasteiger partial charge is 0.480 e. The number of amides is 2. The van der Waals surface area contributed by atoms with E-state index in [9.17, 15) is 19.5 Å². The molecule has 0 fully saturated rings. The topological polar surface area (TPSA) is 95.9 Å². The highest BCUT2D eigenvalue weighted by Gasteiger charge is 2.29. The predicted octanol–water partition coefficient (Wildman–Crippen LogP) is 6.08. The van der Waals surface area contributed by atoms with Gasteiger partial charge in [-0.3, -0.25) is 9.59 Å². The molecule has 7 heteroatoms. The van der Waals surface area contributed by atoms with Crippen LogP contribution in [0, 0.1) is 11.8 Å². The highest BCUT2D eigenvalue weighted by atomic mass is 16.5. The summed E-state index contributed by atoms with van der Waals surface area (Å²) in [5.41, 5.74) is 5.61. The van der Waals surface area contributed by atoms with Crippen LogP contribution in [0.1, 0.15) is 55.7 Å². The van der Waals surface area contributed by atoms with E-state index in [0.717, 1.165) is 5.56 Å². The van der Waals surface area contributed by atoms with Crippen molar-refractivity contribution in [2.45, 2.75) is 45.6 Å². The molecule has 7 nitrogen and oxygen atoms in total. The summed E-state index contributed by atoms with van der Waals surface area (Å²) in [4.78, 5) is 38.3. The molecular weight excluding hydrogens is 504 g/mol. The first-order valence-corrected chi connectivity index (χ1v) is 14.0. The van der Waals surface area contributed by atoms with Gasteiger partial charge >= 0.3 is 12.1 Å². The van der Waals surface area contributed by atoms with Crippen LogP contribution in [-0.4, -0.2) is 47.7 Å². The van der Waals surface area contributed by atoms with Crippen LogP contribution < -0.4 is 5.32 Å². The van der Waals surface area contributed by atoms with Gasteiger partial charge in [0.15, 0.2) is 0 Å². The molecule has 0 saturated heterocycles. The summed E-state index contributed by atoms with van der Waals surface area (Å²) in [5, 5.41) is 12.2. The van der Waals surface area contributed by atoms with Crippen LogP contribution in [0.3, 0.4) is 0 Å². The molecule has 1 unspecified atom stereocenters. The van der Waals surface area contributed by atoms with Crippen molar-refractivity contribution in [2.24, 2.45) is 11.8 Å². The SMILES string of the molecule is CC(C)C(CCNC(=O)OCC1c2ccccc2-c2ccccc21)CCC(=O)N(CC(=O)O)Cc1ccccc1. The summed E-state index contributed by atoms with van der Waals surface area (Å²) in [6, 6.07) is 25.9. The van der Waals surface area contributed by atoms with Crippen LogP contribution in [0.2, 0.25) is 0 Å². The minimum atomic E-state index is -1.03. The number of fused-ring (bicyclic) bond motifs is 3. The third kappa shape index (κ3) is 7.50. The summed E-state index contributed by atoms with van der Waals surface area (Å²) < 4.78 is 5.64. The van der Waals surface area contributed by atoms with Crippen molar-refractivity contribution in [3.63, 3.8) is 0 Å². The van der Waals surface area contributed by atoms with Gasteiger partial charge in [-0.1, -0.05) is 92.7 Å². The van der Waals surface area contributed by atoms with Gasteiger partial charge in [0, 0.05) is 25.4 Å². The monoisotopic (exact) mass is 542 g/mol. The van der Waals surface area contributed by atoms with Crippen molar-refractivity contribution in [1.29, 1.82) is 0 Å². The van der Waals surface area contributed by atoms with Crippen LogP contribution in [0.5, 0.6) is 0 Å². The Morgan fingerprint density at radius 3 is 2.08 bits per heavy atom. The number of nitrogens with one attached hydrogen (secondary N) is 1. The van der Waals surface area contributed by atoms with Crippen molar-refractivity contribution in [2.75, 3.05) is 19.7 Å². The number of rotatable bonds is 13. The molecule has 2 N–H and O–H groups in total. The van der Waals surface area contributed by atoms with E-state index in [4.69, 9.17) is 4.74 Å². The van der Waals surface area contributed by atoms with Crippen molar-refractivity contribution in [1.82, 2.24) is 10.2 Å². The lowest BCUT2D eigenvalue weighted by Gasteiger charge is -2.24. The molecule has 0 radical (unpaired) electrons. The number of aliphatic carboxylic acids is 1. The predicted molar refractivity (Wildman–Crippen MR) is 155 cm³/mol. The summed E-state index contributed by atoms with van der Waals surface area (Å²) in [7, 11) is 0. The minimum Gasteiger partial charge on any atom is -0.480 e. The van der Waals surface area contributed by atoms with E-state index >= 15 is 0 Å². The zero-order valence-corrected chi connectivity index (χ0v) is 23.2. The molecule has 3 aromatic carbocycles. The first-order chi connectivity index (χ1) is 19.3. The Labute approximate surface area is 236 Å². The smallest absolute Gasteiger partial charge is 0.407 e. The second kappa shape index (κ2) is 13.8. The van der Waals surface area contributed by atoms with Crippen LogP contribution in [-0.2, 0) is 20.9 Å². The van der Waals surface area contributed by atoms with Crippen LogP contribution >= 0.6 is 0 Å². The maximum atomic E-state index is 13.0. The second-order valence-corrected chi connectivity index (χ2v) is 10.7. The quantitative estimate of drug-likeness (QED) is 0.273. The van der Waals surface area contributed by atoms with Gasteiger partial charge in [-0.15, -0.1) is 0 Å². The number of hydrogen-bond acceptors (Lipinski definition) is 4. The maximum Gasteiger partial charge on any atom is 0.407 e. The lowest BCUT2D eigenvalue weighted by Crippen LogP contribution is -2.35. The molecule has 0 aromatic heterocycles. The van der Waals surface area contributed by atoms with E-state index in [1.807, 2.05) is 54.6 Å². The van der Waals surface area contributed by atoms with Gasteiger partial charge in [0.05, 0.1) is 0 Å². The summed E-state index contributed by atoms with van der Waals surface area (Å²) in [6.07, 6.45) is 1.13. The van der Waals surface area contributed by atoms with Crippen LogP contribution in [0.25, 0.3) is 11.1 Å². The van der Waals surface area contributed by atoms with Gasteiger partial charge in [-0.2, -0.15) is 0 Å². The fourth-order valence-electron chi connectivity index (χ4n) is 5.49. The third-order valence-corrected chi connectivity index (χ3v) is 7.70. The molecule has 0 saturated carbocycles. The Balaban J connectivity index is 1.25. The summed E-state index contributed by atoms with van der Waals surface area (Å²) in [6.45, 7) is 4.84. The molecule has 0 heterocycles. The van der Waals surface area contributed by atoms with E-state index in [0.29, 0.717) is 25.3 Å². The summed E-state index contributed by atoms with van der Waals surface area (Å²) in [5.74, 6) is -0.698. The Hall–Kier alpha value is -4.13. The molecule has 0 aliphatic heterocycles. The standard InChI is InChI=1S/C33H38N2O5/c1-23(2)25(16-17-31(36)35(21-32(37)38)20-24-10-4-3-5-11-24)18-19-34-33(39)40-22-30-28-14-8-6-12-26(28)27-13-7-9-15-29(27)30/h3-15,23,25,30H,16-22H2,1-2H3,(H,34,39)(H,37,38). The first-order valence-electron chi connectivity index (χ1n) is 14.0. The Bertz CT molecular complexity index is 1260. The van der Waals surface area contributed by atoms with Crippen molar-refractivity contribution in [3.05, 3.63) is 95.6 Å².